The Bertz CT molecular complexity index is 1480. The molecule has 0 saturated heterocycles. The molecule has 6 aromatic rings. The van der Waals surface area contributed by atoms with Crippen LogP contribution in [0.5, 0.6) is 0 Å². The number of rotatable bonds is 1. The molecule has 0 aliphatic heterocycles. The molecule has 0 N–H and O–H groups in total. The molecule has 0 bridgehead atoms. The van der Waals surface area contributed by atoms with E-state index in [0.29, 0.717) is 0 Å². The van der Waals surface area contributed by atoms with Crippen LogP contribution in [-0.2, 0) is 0 Å². The second-order valence-corrected chi connectivity index (χ2v) is 7.70. The Morgan fingerprint density at radius 1 is 0.519 bits per heavy atom. The molecular formula is C24H14N2S. The standard InChI is InChI=1S/C24H14N2S/c1-2-10-18-15(7-1)16-8-3-5-11-20(16)25-23(18)21-14-13-19-17-9-4-6-12-22(17)27-24(19)26-21/h1-14H. The Hall–Kier alpha value is -3.30. The normalized spacial score (nSPS) is 11.7. The van der Waals surface area contributed by atoms with E-state index in [9.17, 15) is 0 Å². The summed E-state index contributed by atoms with van der Waals surface area (Å²) in [6.07, 6.45) is 0. The second kappa shape index (κ2) is 5.60. The van der Waals surface area contributed by atoms with Gasteiger partial charge in [0.25, 0.3) is 0 Å². The van der Waals surface area contributed by atoms with Crippen LogP contribution in [0.3, 0.4) is 0 Å². The summed E-state index contributed by atoms with van der Waals surface area (Å²) in [5.74, 6) is 0. The van der Waals surface area contributed by atoms with Crippen molar-refractivity contribution in [1.29, 1.82) is 0 Å². The van der Waals surface area contributed by atoms with Gasteiger partial charge in [-0.1, -0.05) is 60.7 Å². The zero-order chi connectivity index (χ0) is 17.8. The molecule has 0 spiro atoms. The fraction of sp³-hybridized carbons (Fsp3) is 0. The lowest BCUT2D eigenvalue weighted by Crippen LogP contribution is -1.91. The monoisotopic (exact) mass is 362 g/mol. The first-order chi connectivity index (χ1) is 13.4. The number of nitrogens with zero attached hydrogens (tertiary/aromatic N) is 2. The highest BCUT2D eigenvalue weighted by Crippen LogP contribution is 2.36. The summed E-state index contributed by atoms with van der Waals surface area (Å²) >= 11 is 1.74. The highest BCUT2D eigenvalue weighted by Gasteiger charge is 2.13. The van der Waals surface area contributed by atoms with Crippen LogP contribution in [-0.4, -0.2) is 9.97 Å². The summed E-state index contributed by atoms with van der Waals surface area (Å²) < 4.78 is 1.27. The van der Waals surface area contributed by atoms with Crippen molar-refractivity contribution in [3.8, 4) is 11.4 Å². The molecule has 0 fully saturated rings. The van der Waals surface area contributed by atoms with Gasteiger partial charge in [-0.25, -0.2) is 9.97 Å². The molecule has 0 atom stereocenters. The Labute approximate surface area is 159 Å². The van der Waals surface area contributed by atoms with Crippen molar-refractivity contribution in [3.05, 3.63) is 84.9 Å². The van der Waals surface area contributed by atoms with Crippen LogP contribution in [0.1, 0.15) is 0 Å². The number of hydrogen-bond donors (Lipinski definition) is 0. The van der Waals surface area contributed by atoms with Crippen LogP contribution < -0.4 is 0 Å². The second-order valence-electron chi connectivity index (χ2n) is 6.67. The molecule has 3 heteroatoms. The lowest BCUT2D eigenvalue weighted by atomic mass is 10.0. The van der Waals surface area contributed by atoms with E-state index >= 15 is 0 Å². The van der Waals surface area contributed by atoms with E-state index in [-0.39, 0.29) is 0 Å². The van der Waals surface area contributed by atoms with Crippen LogP contribution >= 0.6 is 11.3 Å². The van der Waals surface area contributed by atoms with Crippen molar-refractivity contribution >= 4 is 53.3 Å². The lowest BCUT2D eigenvalue weighted by molar-refractivity contribution is 1.35. The predicted molar refractivity (Wildman–Crippen MR) is 115 cm³/mol. The highest BCUT2D eigenvalue weighted by atomic mass is 32.1. The molecular weight excluding hydrogens is 348 g/mol. The van der Waals surface area contributed by atoms with Crippen molar-refractivity contribution < 1.29 is 0 Å². The minimum atomic E-state index is 0.927. The molecule has 126 valence electrons. The van der Waals surface area contributed by atoms with Crippen LogP contribution in [0, 0.1) is 0 Å². The molecule has 6 rings (SSSR count). The average molecular weight is 362 g/mol. The Morgan fingerprint density at radius 3 is 2.11 bits per heavy atom. The van der Waals surface area contributed by atoms with Crippen LogP contribution in [0.15, 0.2) is 84.9 Å². The lowest BCUT2D eigenvalue weighted by Gasteiger charge is -2.09. The summed E-state index contributed by atoms with van der Waals surface area (Å²) in [7, 11) is 0. The van der Waals surface area contributed by atoms with E-state index in [0.717, 1.165) is 27.1 Å². The quantitative estimate of drug-likeness (QED) is 0.300. The summed E-state index contributed by atoms with van der Waals surface area (Å²) in [6, 6.07) is 29.5. The number of hydrogen-bond acceptors (Lipinski definition) is 3. The van der Waals surface area contributed by atoms with Crippen molar-refractivity contribution in [1.82, 2.24) is 9.97 Å². The molecule has 0 aliphatic rings. The molecule has 27 heavy (non-hydrogen) atoms. The number of aromatic nitrogens is 2. The minimum Gasteiger partial charge on any atom is -0.245 e. The van der Waals surface area contributed by atoms with Gasteiger partial charge in [0, 0.05) is 26.2 Å². The maximum absolute atomic E-state index is 5.00. The van der Waals surface area contributed by atoms with E-state index in [1.54, 1.807) is 11.3 Å². The Balaban J connectivity index is 1.70. The summed E-state index contributed by atoms with van der Waals surface area (Å²) in [5.41, 5.74) is 2.88. The predicted octanol–water partition coefficient (Wildman–Crippen LogP) is 6.82. The molecule has 0 amide bonds. The van der Waals surface area contributed by atoms with Gasteiger partial charge >= 0.3 is 0 Å². The van der Waals surface area contributed by atoms with E-state index < -0.39 is 0 Å². The van der Waals surface area contributed by atoms with Crippen LogP contribution in [0.4, 0.5) is 0 Å². The summed E-state index contributed by atoms with van der Waals surface area (Å²) in [5, 5.41) is 6.03. The fourth-order valence-electron chi connectivity index (χ4n) is 3.84. The van der Waals surface area contributed by atoms with Gasteiger partial charge in [0.15, 0.2) is 0 Å². The summed E-state index contributed by atoms with van der Waals surface area (Å²) in [6.45, 7) is 0. The van der Waals surface area contributed by atoms with E-state index in [2.05, 4.69) is 78.9 Å². The number of fused-ring (bicyclic) bond motifs is 6. The minimum absolute atomic E-state index is 0.927. The highest BCUT2D eigenvalue weighted by molar-refractivity contribution is 7.25. The maximum Gasteiger partial charge on any atom is 0.125 e. The van der Waals surface area contributed by atoms with Gasteiger partial charge in [-0.3, -0.25) is 0 Å². The zero-order valence-electron chi connectivity index (χ0n) is 14.4. The largest absolute Gasteiger partial charge is 0.245 e. The van der Waals surface area contributed by atoms with Crippen LogP contribution in [0.2, 0.25) is 0 Å². The van der Waals surface area contributed by atoms with E-state index in [1.807, 2.05) is 6.07 Å². The van der Waals surface area contributed by atoms with Gasteiger partial charge in [-0.05, 0) is 29.7 Å². The maximum atomic E-state index is 5.00. The van der Waals surface area contributed by atoms with Crippen molar-refractivity contribution in [3.63, 3.8) is 0 Å². The summed E-state index contributed by atoms with van der Waals surface area (Å²) in [4.78, 5) is 11.0. The zero-order valence-corrected chi connectivity index (χ0v) is 15.2. The molecule has 3 heterocycles. The number of pyridine rings is 2. The van der Waals surface area contributed by atoms with Gasteiger partial charge < -0.3 is 0 Å². The molecule has 0 radical (unpaired) electrons. The first-order valence-electron chi connectivity index (χ1n) is 8.95. The van der Waals surface area contributed by atoms with E-state index in [4.69, 9.17) is 9.97 Å². The van der Waals surface area contributed by atoms with Gasteiger partial charge in [-0.15, -0.1) is 11.3 Å². The molecule has 3 aromatic carbocycles. The molecule has 3 aromatic heterocycles. The number of benzene rings is 3. The van der Waals surface area contributed by atoms with Gasteiger partial charge in [0.05, 0.1) is 16.9 Å². The van der Waals surface area contributed by atoms with Crippen molar-refractivity contribution in [2.24, 2.45) is 0 Å². The van der Waals surface area contributed by atoms with Gasteiger partial charge in [-0.2, -0.15) is 0 Å². The van der Waals surface area contributed by atoms with Gasteiger partial charge in [0.2, 0.25) is 0 Å². The molecule has 0 saturated carbocycles. The van der Waals surface area contributed by atoms with Gasteiger partial charge in [0.1, 0.15) is 4.83 Å². The van der Waals surface area contributed by atoms with Crippen molar-refractivity contribution in [2.45, 2.75) is 0 Å². The topological polar surface area (TPSA) is 25.8 Å². The number of thiophene rings is 1. The van der Waals surface area contributed by atoms with E-state index in [1.165, 1.54) is 26.2 Å². The smallest absolute Gasteiger partial charge is 0.125 e. The average Bonchev–Trinajstić information content (AvgIpc) is 3.11. The molecule has 2 nitrogen and oxygen atoms in total. The fourth-order valence-corrected chi connectivity index (χ4v) is 4.91. The third kappa shape index (κ3) is 2.19. The Morgan fingerprint density at radius 2 is 1.22 bits per heavy atom. The third-order valence-electron chi connectivity index (χ3n) is 5.10. The first kappa shape index (κ1) is 14.8. The molecule has 0 aliphatic carbocycles. The van der Waals surface area contributed by atoms with Crippen LogP contribution in [0.25, 0.3) is 53.4 Å². The first-order valence-corrected chi connectivity index (χ1v) is 9.76. The SMILES string of the molecule is c1ccc2c(c1)nc(-c1ccc3c(n1)sc1ccccc13)c1ccccc12. The number of para-hydroxylation sites is 1. The third-order valence-corrected chi connectivity index (χ3v) is 6.18. The Kier molecular flexibility index (Phi) is 3.07. The molecule has 0 unspecified atom stereocenters. The van der Waals surface area contributed by atoms with Crippen molar-refractivity contribution in [2.75, 3.05) is 0 Å².